The standard InChI is InChI=1S/C17H17NO2S.C10H11NO2S.C10H13NO2S.2C2H6/c19-21(20)17(10-11-17)12-15-8-4-5-9-16(15)18(21)13-14-6-2-1-3-7-14;12-14(13)10(5-6-10)7-8-3-1-2-4-9(8)11-14;1-10(2)7-8-5-3-4-6-9(8)11-14(10,12)13;2*1-2/h1-9H,10-13H2;1-4,11H,5-7H2;3-6,11H,7H2,1-2H3;2*1-2H3. The van der Waals surface area contributed by atoms with Crippen molar-refractivity contribution in [1.82, 2.24) is 0 Å². The monoisotopic (exact) mass is 779 g/mol. The van der Waals surface area contributed by atoms with Gasteiger partial charge in [-0.2, -0.15) is 0 Å². The van der Waals surface area contributed by atoms with Crippen LogP contribution < -0.4 is 13.7 Å². The van der Waals surface area contributed by atoms with Gasteiger partial charge in [0.05, 0.1) is 37.8 Å². The third-order valence-corrected chi connectivity index (χ3v) is 17.2. The largest absolute Gasteiger partial charge is 0.283 e. The molecular weight excluding hydrogens is 727 g/mol. The molecule has 2 spiro atoms. The van der Waals surface area contributed by atoms with Gasteiger partial charge in [-0.1, -0.05) is 113 Å². The summed E-state index contributed by atoms with van der Waals surface area (Å²) in [5.41, 5.74) is 6.68. The van der Waals surface area contributed by atoms with Crippen LogP contribution in [0.4, 0.5) is 17.1 Å². The molecule has 9 rings (SSSR count). The molecule has 0 saturated heterocycles. The van der Waals surface area contributed by atoms with E-state index in [4.69, 9.17) is 0 Å². The lowest BCUT2D eigenvalue weighted by Gasteiger charge is -2.36. The van der Waals surface area contributed by atoms with Gasteiger partial charge in [-0.25, -0.2) is 25.3 Å². The highest BCUT2D eigenvalue weighted by molar-refractivity contribution is 7.95. The zero-order valence-corrected chi connectivity index (χ0v) is 34.0. The molecule has 12 heteroatoms. The maximum atomic E-state index is 13.0. The summed E-state index contributed by atoms with van der Waals surface area (Å²) in [5, 5.41) is 0. The van der Waals surface area contributed by atoms with Crippen molar-refractivity contribution in [2.45, 2.75) is 107 Å². The molecule has 0 radical (unpaired) electrons. The molecule has 4 aromatic carbocycles. The van der Waals surface area contributed by atoms with Crippen LogP contribution in [0.2, 0.25) is 0 Å². The number of hydrogen-bond donors (Lipinski definition) is 2. The minimum Gasteiger partial charge on any atom is -0.283 e. The van der Waals surface area contributed by atoms with E-state index < -0.39 is 44.3 Å². The summed E-state index contributed by atoms with van der Waals surface area (Å²) in [7, 11) is -9.61. The van der Waals surface area contributed by atoms with Crippen LogP contribution in [0.15, 0.2) is 103 Å². The lowest BCUT2D eigenvalue weighted by atomic mass is 10.0. The Morgan fingerprint density at radius 1 is 0.528 bits per heavy atom. The summed E-state index contributed by atoms with van der Waals surface area (Å²) < 4.78 is 78.3. The second-order valence-electron chi connectivity index (χ2n) is 14.3. The predicted molar refractivity (Wildman–Crippen MR) is 218 cm³/mol. The molecule has 9 nitrogen and oxygen atoms in total. The molecule has 4 aromatic rings. The van der Waals surface area contributed by atoms with E-state index in [1.54, 1.807) is 24.2 Å². The first-order valence-corrected chi connectivity index (χ1v) is 22.9. The molecule has 53 heavy (non-hydrogen) atoms. The Hall–Kier alpha value is -3.87. The van der Waals surface area contributed by atoms with Crippen LogP contribution in [0.5, 0.6) is 0 Å². The van der Waals surface area contributed by atoms with Gasteiger partial charge in [0.15, 0.2) is 0 Å². The summed E-state index contributed by atoms with van der Waals surface area (Å²) in [6.07, 6.45) is 5.09. The molecule has 2 saturated carbocycles. The number of nitrogens with zero attached hydrogens (tertiary/aromatic N) is 1. The van der Waals surface area contributed by atoms with Crippen molar-refractivity contribution >= 4 is 47.1 Å². The number of nitrogens with one attached hydrogen (secondary N) is 2. The number of para-hydroxylation sites is 3. The predicted octanol–water partition coefficient (Wildman–Crippen LogP) is 8.44. The Labute approximate surface area is 317 Å². The molecule has 0 bridgehead atoms. The van der Waals surface area contributed by atoms with Crippen LogP contribution >= 0.6 is 0 Å². The first-order valence-electron chi connectivity index (χ1n) is 18.5. The number of fused-ring (bicyclic) bond motifs is 3. The summed E-state index contributed by atoms with van der Waals surface area (Å²) in [6, 6.07) is 32.8. The molecule has 2 fully saturated rings. The van der Waals surface area contributed by atoms with Crippen LogP contribution in [-0.4, -0.2) is 39.5 Å². The van der Waals surface area contributed by atoms with Crippen molar-refractivity contribution in [1.29, 1.82) is 0 Å². The zero-order chi connectivity index (χ0) is 38.7. The van der Waals surface area contributed by atoms with Crippen LogP contribution in [0.1, 0.15) is 89.5 Å². The van der Waals surface area contributed by atoms with E-state index in [1.165, 1.54) is 0 Å². The van der Waals surface area contributed by atoms with Gasteiger partial charge in [-0.05, 0) is 99.2 Å². The fourth-order valence-electron chi connectivity index (χ4n) is 6.86. The van der Waals surface area contributed by atoms with Crippen LogP contribution in [0.25, 0.3) is 0 Å². The van der Waals surface area contributed by atoms with Gasteiger partial charge in [-0.15, -0.1) is 0 Å². The summed E-state index contributed by atoms with van der Waals surface area (Å²) in [6.45, 7) is 11.9. The van der Waals surface area contributed by atoms with E-state index in [0.717, 1.165) is 59.3 Å². The molecule has 2 aliphatic carbocycles. The van der Waals surface area contributed by atoms with Crippen molar-refractivity contribution in [2.24, 2.45) is 0 Å². The first kappa shape index (κ1) is 40.3. The zero-order valence-electron chi connectivity index (χ0n) is 31.6. The fourth-order valence-corrected chi connectivity index (χ4v) is 11.8. The van der Waals surface area contributed by atoms with E-state index in [9.17, 15) is 25.3 Å². The molecule has 3 aliphatic heterocycles. The highest BCUT2D eigenvalue weighted by Gasteiger charge is 2.59. The second kappa shape index (κ2) is 15.5. The quantitative estimate of drug-likeness (QED) is 0.210. The molecule has 286 valence electrons. The van der Waals surface area contributed by atoms with Crippen molar-refractivity contribution in [3.8, 4) is 0 Å². The van der Waals surface area contributed by atoms with Crippen molar-refractivity contribution in [3.05, 3.63) is 125 Å². The highest BCUT2D eigenvalue weighted by atomic mass is 32.2. The molecule has 5 aliphatic rings. The molecule has 0 unspecified atom stereocenters. The maximum absolute atomic E-state index is 13.0. The molecule has 2 N–H and O–H groups in total. The third kappa shape index (κ3) is 8.00. The van der Waals surface area contributed by atoms with E-state index in [1.807, 2.05) is 119 Å². The van der Waals surface area contributed by atoms with Crippen LogP contribution in [0.3, 0.4) is 0 Å². The normalized spacial score (nSPS) is 21.1. The maximum Gasteiger partial charge on any atom is 0.241 e. The van der Waals surface area contributed by atoms with E-state index in [2.05, 4.69) is 15.5 Å². The van der Waals surface area contributed by atoms with Gasteiger partial charge in [0.1, 0.15) is 0 Å². The Balaban J connectivity index is 0.000000150. The molecule has 0 amide bonds. The fraction of sp³-hybridized carbons (Fsp3) is 0.415. The Kier molecular flexibility index (Phi) is 11.8. The van der Waals surface area contributed by atoms with E-state index in [0.29, 0.717) is 31.5 Å². The Morgan fingerprint density at radius 2 is 0.962 bits per heavy atom. The van der Waals surface area contributed by atoms with Crippen molar-refractivity contribution < 1.29 is 25.3 Å². The molecule has 0 atom stereocenters. The highest BCUT2D eigenvalue weighted by Crippen LogP contribution is 2.53. The van der Waals surface area contributed by atoms with Crippen LogP contribution in [0, 0.1) is 0 Å². The average molecular weight is 780 g/mol. The summed E-state index contributed by atoms with van der Waals surface area (Å²) in [4.78, 5) is 0. The number of rotatable bonds is 2. The Morgan fingerprint density at radius 3 is 1.51 bits per heavy atom. The third-order valence-electron chi connectivity index (χ3n) is 10.3. The van der Waals surface area contributed by atoms with Gasteiger partial charge < -0.3 is 0 Å². The smallest absolute Gasteiger partial charge is 0.241 e. The number of hydrogen-bond acceptors (Lipinski definition) is 6. The summed E-state index contributed by atoms with van der Waals surface area (Å²) in [5.74, 6) is 0. The van der Waals surface area contributed by atoms with Gasteiger partial charge in [0, 0.05) is 0 Å². The molecular formula is C41H53N3O6S3. The van der Waals surface area contributed by atoms with E-state index >= 15 is 0 Å². The minimum atomic E-state index is -3.27. The molecule has 0 aromatic heterocycles. The molecule has 3 heterocycles. The topological polar surface area (TPSA) is 130 Å². The number of anilines is 3. The summed E-state index contributed by atoms with van der Waals surface area (Å²) >= 11 is 0. The Bertz CT molecular complexity index is 2150. The van der Waals surface area contributed by atoms with E-state index in [-0.39, 0.29) is 0 Å². The number of sulfonamides is 3. The SMILES string of the molecule is CC.CC.CC1(C)Cc2ccccc2NS1(=O)=O.O=S1(=O)N(Cc2ccccc2)c2ccccc2CC12CC2.O=S1(=O)Nc2ccccc2CC12CC2. The van der Waals surface area contributed by atoms with Crippen molar-refractivity contribution in [3.63, 3.8) is 0 Å². The van der Waals surface area contributed by atoms with Crippen molar-refractivity contribution in [2.75, 3.05) is 13.7 Å². The van der Waals surface area contributed by atoms with Gasteiger partial charge in [0.2, 0.25) is 30.1 Å². The number of benzene rings is 4. The van der Waals surface area contributed by atoms with Gasteiger partial charge in [0.25, 0.3) is 0 Å². The first-order chi connectivity index (χ1) is 25.2. The van der Waals surface area contributed by atoms with Gasteiger partial charge in [-0.3, -0.25) is 13.7 Å². The van der Waals surface area contributed by atoms with Crippen LogP contribution in [-0.2, 0) is 55.9 Å². The second-order valence-corrected chi connectivity index (χ2v) is 21.0. The lowest BCUT2D eigenvalue weighted by Crippen LogP contribution is -2.45. The lowest BCUT2D eigenvalue weighted by molar-refractivity contribution is 0.545. The average Bonchev–Trinajstić information content (AvgIpc) is 4.08. The minimum absolute atomic E-state index is 0.419. The van der Waals surface area contributed by atoms with Gasteiger partial charge >= 0.3 is 0 Å².